The minimum absolute atomic E-state index is 0.288. The number of imidazole rings is 1. The maximum absolute atomic E-state index is 4.43. The molecule has 0 radical (unpaired) electrons. The monoisotopic (exact) mass is 202 g/mol. The lowest BCUT2D eigenvalue weighted by Gasteiger charge is -2.19. The lowest BCUT2D eigenvalue weighted by molar-refractivity contribution is 0.348. The summed E-state index contributed by atoms with van der Waals surface area (Å²) in [4.78, 5) is 4.43. The van der Waals surface area contributed by atoms with Crippen LogP contribution in [-0.2, 0) is 6.54 Å². The number of benzene rings is 1. The van der Waals surface area contributed by atoms with Gasteiger partial charge in [0.25, 0.3) is 0 Å². The number of rotatable bonds is 1. The summed E-state index contributed by atoms with van der Waals surface area (Å²) in [5.74, 6) is 0. The van der Waals surface area contributed by atoms with E-state index < -0.39 is 0 Å². The molecule has 1 aromatic heterocycles. The smallest absolute Gasteiger partial charge is 0.0958 e. The Morgan fingerprint density at radius 1 is 1.27 bits per heavy atom. The van der Waals surface area contributed by atoms with Crippen LogP contribution >= 0.6 is 0 Å². The number of hydrogen-bond acceptors (Lipinski definition) is 1. The number of aryl methyl sites for hydroxylation is 1. The summed E-state index contributed by atoms with van der Waals surface area (Å²) in [7, 11) is 0. The number of hydrogen-bond donors (Lipinski definition) is 0. The molecule has 0 aliphatic carbocycles. The molecule has 0 amide bonds. The quantitative estimate of drug-likeness (QED) is 0.693. The first kappa shape index (κ1) is 10.2. The fraction of sp³-hybridized carbons (Fsp3) is 0.462. The summed E-state index contributed by atoms with van der Waals surface area (Å²) < 4.78 is 2.25. The van der Waals surface area contributed by atoms with Gasteiger partial charge < -0.3 is 4.57 Å². The van der Waals surface area contributed by atoms with Gasteiger partial charge in [0.1, 0.15) is 0 Å². The van der Waals surface area contributed by atoms with Gasteiger partial charge in [0, 0.05) is 6.54 Å². The number of para-hydroxylation sites is 1. The molecular weight excluding hydrogens is 184 g/mol. The second kappa shape index (κ2) is 3.37. The number of fused-ring (bicyclic) bond motifs is 1. The van der Waals surface area contributed by atoms with E-state index in [9.17, 15) is 0 Å². The third kappa shape index (κ3) is 2.04. The van der Waals surface area contributed by atoms with Crippen molar-refractivity contribution in [2.75, 3.05) is 0 Å². The SMILES string of the molecule is Cc1cccc2ncn(CC(C)(C)C)c12. The summed E-state index contributed by atoms with van der Waals surface area (Å²) in [5.41, 5.74) is 3.96. The predicted molar refractivity (Wildman–Crippen MR) is 63.9 cm³/mol. The van der Waals surface area contributed by atoms with E-state index in [4.69, 9.17) is 0 Å². The van der Waals surface area contributed by atoms with E-state index >= 15 is 0 Å². The molecule has 0 unspecified atom stereocenters. The molecule has 1 heterocycles. The highest BCUT2D eigenvalue weighted by Gasteiger charge is 2.13. The van der Waals surface area contributed by atoms with Crippen molar-refractivity contribution in [1.82, 2.24) is 9.55 Å². The Morgan fingerprint density at radius 2 is 2.00 bits per heavy atom. The van der Waals surface area contributed by atoms with E-state index in [1.807, 2.05) is 6.33 Å². The zero-order valence-corrected chi connectivity index (χ0v) is 9.91. The van der Waals surface area contributed by atoms with Gasteiger partial charge in [-0.05, 0) is 24.0 Å². The Morgan fingerprint density at radius 3 is 2.67 bits per heavy atom. The fourth-order valence-electron chi connectivity index (χ4n) is 1.94. The normalized spacial score (nSPS) is 12.3. The molecule has 0 spiro atoms. The highest BCUT2D eigenvalue weighted by atomic mass is 15.0. The zero-order valence-electron chi connectivity index (χ0n) is 9.91. The van der Waals surface area contributed by atoms with Gasteiger partial charge in [-0.2, -0.15) is 0 Å². The molecule has 0 N–H and O–H groups in total. The molecule has 80 valence electrons. The van der Waals surface area contributed by atoms with Crippen LogP contribution in [0.5, 0.6) is 0 Å². The molecule has 15 heavy (non-hydrogen) atoms. The van der Waals surface area contributed by atoms with Crippen LogP contribution in [0.3, 0.4) is 0 Å². The molecule has 0 bridgehead atoms. The number of nitrogens with zero attached hydrogens (tertiary/aromatic N) is 2. The van der Waals surface area contributed by atoms with Gasteiger partial charge in [-0.3, -0.25) is 0 Å². The second-order valence-corrected chi connectivity index (χ2v) is 5.38. The first-order valence-electron chi connectivity index (χ1n) is 5.38. The van der Waals surface area contributed by atoms with Gasteiger partial charge in [-0.25, -0.2) is 4.98 Å². The van der Waals surface area contributed by atoms with Crippen LogP contribution in [0.2, 0.25) is 0 Å². The molecule has 0 aliphatic heterocycles. The molecule has 2 nitrogen and oxygen atoms in total. The van der Waals surface area contributed by atoms with Crippen LogP contribution in [0.15, 0.2) is 24.5 Å². The lowest BCUT2D eigenvalue weighted by atomic mass is 9.97. The highest BCUT2D eigenvalue weighted by Crippen LogP contribution is 2.22. The van der Waals surface area contributed by atoms with Crippen LogP contribution in [0.1, 0.15) is 26.3 Å². The van der Waals surface area contributed by atoms with Crippen molar-refractivity contribution in [1.29, 1.82) is 0 Å². The van der Waals surface area contributed by atoms with E-state index in [-0.39, 0.29) is 5.41 Å². The molecule has 0 aliphatic rings. The van der Waals surface area contributed by atoms with Gasteiger partial charge >= 0.3 is 0 Å². The molecule has 0 saturated carbocycles. The Bertz CT molecular complexity index is 475. The van der Waals surface area contributed by atoms with E-state index in [0.29, 0.717) is 0 Å². The van der Waals surface area contributed by atoms with Crippen molar-refractivity contribution in [2.24, 2.45) is 5.41 Å². The van der Waals surface area contributed by atoms with E-state index in [1.165, 1.54) is 11.1 Å². The third-order valence-electron chi connectivity index (χ3n) is 2.48. The third-order valence-corrected chi connectivity index (χ3v) is 2.48. The molecule has 2 aromatic rings. The summed E-state index contributed by atoms with van der Waals surface area (Å²) in [6.07, 6.45) is 1.95. The topological polar surface area (TPSA) is 17.8 Å². The summed E-state index contributed by atoms with van der Waals surface area (Å²) in [6.45, 7) is 9.89. The van der Waals surface area contributed by atoms with Gasteiger partial charge in [-0.15, -0.1) is 0 Å². The van der Waals surface area contributed by atoms with Gasteiger partial charge in [0.2, 0.25) is 0 Å². The molecule has 2 heteroatoms. The fourth-order valence-corrected chi connectivity index (χ4v) is 1.94. The van der Waals surface area contributed by atoms with Crippen molar-refractivity contribution < 1.29 is 0 Å². The van der Waals surface area contributed by atoms with Gasteiger partial charge in [0.15, 0.2) is 0 Å². The van der Waals surface area contributed by atoms with E-state index in [1.54, 1.807) is 0 Å². The minimum atomic E-state index is 0.288. The predicted octanol–water partition coefficient (Wildman–Crippen LogP) is 3.39. The highest BCUT2D eigenvalue weighted by molar-refractivity contribution is 5.78. The summed E-state index contributed by atoms with van der Waals surface area (Å²) in [6, 6.07) is 6.27. The van der Waals surface area contributed by atoms with Crippen LogP contribution in [0, 0.1) is 12.3 Å². The van der Waals surface area contributed by atoms with Crippen molar-refractivity contribution in [3.8, 4) is 0 Å². The first-order chi connectivity index (χ1) is 6.97. The van der Waals surface area contributed by atoms with Crippen LogP contribution < -0.4 is 0 Å². The van der Waals surface area contributed by atoms with Crippen LogP contribution in [0.25, 0.3) is 11.0 Å². The summed E-state index contributed by atoms with van der Waals surface area (Å²) in [5, 5.41) is 0. The van der Waals surface area contributed by atoms with Crippen LogP contribution in [0.4, 0.5) is 0 Å². The molecule has 0 fully saturated rings. The molecule has 0 atom stereocenters. The first-order valence-corrected chi connectivity index (χ1v) is 5.38. The second-order valence-electron chi connectivity index (χ2n) is 5.38. The Balaban J connectivity index is 2.53. The average Bonchev–Trinajstić information content (AvgIpc) is 2.47. The van der Waals surface area contributed by atoms with Gasteiger partial charge in [0.05, 0.1) is 17.4 Å². The maximum atomic E-state index is 4.43. The Hall–Kier alpha value is -1.31. The maximum Gasteiger partial charge on any atom is 0.0958 e. The van der Waals surface area contributed by atoms with E-state index in [2.05, 4.69) is 55.4 Å². The average molecular weight is 202 g/mol. The Labute approximate surface area is 90.9 Å². The molecule has 2 rings (SSSR count). The molecule has 0 saturated heterocycles. The minimum Gasteiger partial charge on any atom is -0.330 e. The van der Waals surface area contributed by atoms with Gasteiger partial charge in [-0.1, -0.05) is 32.9 Å². The van der Waals surface area contributed by atoms with Crippen molar-refractivity contribution in [3.05, 3.63) is 30.1 Å². The van der Waals surface area contributed by atoms with Crippen LogP contribution in [-0.4, -0.2) is 9.55 Å². The van der Waals surface area contributed by atoms with E-state index in [0.717, 1.165) is 12.1 Å². The zero-order chi connectivity index (χ0) is 11.1. The van der Waals surface area contributed by atoms with Crippen molar-refractivity contribution in [3.63, 3.8) is 0 Å². The lowest BCUT2D eigenvalue weighted by Crippen LogP contribution is -2.14. The largest absolute Gasteiger partial charge is 0.330 e. The van der Waals surface area contributed by atoms with Crippen molar-refractivity contribution in [2.45, 2.75) is 34.2 Å². The molecule has 1 aromatic carbocycles. The standard InChI is InChI=1S/C13H18N2/c1-10-6-5-7-11-12(10)15(9-14-11)8-13(2,3)4/h5-7,9H,8H2,1-4H3. The van der Waals surface area contributed by atoms with Crippen molar-refractivity contribution >= 4 is 11.0 Å². The summed E-state index contributed by atoms with van der Waals surface area (Å²) >= 11 is 0. The molecular formula is C13H18N2. The number of aromatic nitrogens is 2. The Kier molecular flexibility index (Phi) is 2.29.